The molecule has 0 spiro atoms. The number of carbonyl (C=O) groups is 1. The summed E-state index contributed by atoms with van der Waals surface area (Å²) in [5, 5.41) is 7.14. The molecular formula is C15H14N4O2S. The Balaban J connectivity index is 2.10. The first-order valence-electron chi connectivity index (χ1n) is 6.84. The van der Waals surface area contributed by atoms with E-state index in [-0.39, 0.29) is 5.91 Å². The predicted molar refractivity (Wildman–Crippen MR) is 84.5 cm³/mol. The first kappa shape index (κ1) is 14.4. The molecule has 7 heteroatoms. The summed E-state index contributed by atoms with van der Waals surface area (Å²) in [7, 11) is 0. The second-order valence-corrected chi connectivity index (χ2v) is 5.61. The molecule has 2 aromatic heterocycles. The van der Waals surface area contributed by atoms with Crippen LogP contribution in [0, 0.1) is 0 Å². The van der Waals surface area contributed by atoms with Crippen molar-refractivity contribution in [2.45, 2.75) is 20.3 Å². The largest absolute Gasteiger partial charge is 0.333 e. The minimum Gasteiger partial charge on any atom is -0.333 e. The van der Waals surface area contributed by atoms with Crippen LogP contribution in [0.15, 0.2) is 34.9 Å². The van der Waals surface area contributed by atoms with Gasteiger partial charge in [0.2, 0.25) is 5.91 Å². The van der Waals surface area contributed by atoms with E-state index in [1.54, 1.807) is 0 Å². The zero-order chi connectivity index (χ0) is 15.5. The van der Waals surface area contributed by atoms with Crippen molar-refractivity contribution in [3.63, 3.8) is 0 Å². The molecule has 2 heterocycles. The summed E-state index contributed by atoms with van der Waals surface area (Å²) in [6.45, 7) is 3.41. The Morgan fingerprint density at radius 1 is 1.27 bits per heavy atom. The molecule has 0 atom stereocenters. The van der Waals surface area contributed by atoms with Crippen LogP contribution in [0.1, 0.15) is 19.7 Å². The maximum Gasteiger partial charge on any atom is 0.270 e. The van der Waals surface area contributed by atoms with Crippen molar-refractivity contribution in [1.82, 2.24) is 15.1 Å². The van der Waals surface area contributed by atoms with Crippen LogP contribution in [0.25, 0.3) is 22.0 Å². The normalized spacial score (nSPS) is 10.6. The van der Waals surface area contributed by atoms with E-state index in [1.165, 1.54) is 18.3 Å². The van der Waals surface area contributed by atoms with Gasteiger partial charge in [-0.05, 0) is 0 Å². The van der Waals surface area contributed by atoms with Gasteiger partial charge in [-0.2, -0.15) is 4.98 Å². The average Bonchev–Trinajstić information content (AvgIpc) is 3.13. The molecule has 0 saturated carbocycles. The highest BCUT2D eigenvalue weighted by molar-refractivity contribution is 7.19. The van der Waals surface area contributed by atoms with Gasteiger partial charge in [-0.3, -0.25) is 4.79 Å². The Morgan fingerprint density at radius 2 is 2.05 bits per heavy atom. The minimum atomic E-state index is -0.167. The molecule has 0 radical (unpaired) electrons. The van der Waals surface area contributed by atoms with Crippen LogP contribution in [0.5, 0.6) is 0 Å². The van der Waals surface area contributed by atoms with Crippen molar-refractivity contribution in [2.24, 2.45) is 0 Å². The Labute approximate surface area is 131 Å². The quantitative estimate of drug-likeness (QED) is 0.798. The fourth-order valence-corrected chi connectivity index (χ4v) is 2.91. The van der Waals surface area contributed by atoms with Gasteiger partial charge in [0.1, 0.15) is 4.88 Å². The van der Waals surface area contributed by atoms with Crippen molar-refractivity contribution in [1.29, 1.82) is 0 Å². The summed E-state index contributed by atoms with van der Waals surface area (Å²) >= 11 is 1.32. The molecule has 112 valence electrons. The van der Waals surface area contributed by atoms with E-state index in [1.807, 2.05) is 37.3 Å². The molecule has 0 aliphatic rings. The number of nitrogens with one attached hydrogen (secondary N) is 1. The summed E-state index contributed by atoms with van der Waals surface area (Å²) in [4.78, 5) is 20.9. The molecule has 3 aromatic rings. The van der Waals surface area contributed by atoms with E-state index in [2.05, 4.69) is 20.4 Å². The topological polar surface area (TPSA) is 80.9 Å². The molecule has 0 fully saturated rings. The highest BCUT2D eigenvalue weighted by Gasteiger charge is 2.20. The van der Waals surface area contributed by atoms with E-state index in [0.29, 0.717) is 23.3 Å². The molecular weight excluding hydrogens is 300 g/mol. The standard InChI is InChI=1S/C15H14N4O2S/c1-3-11-17-14(21-19-11)13-12(10-7-5-4-6-8-10)18-15(22-13)16-9(2)20/h4-8H,3H2,1-2H3,(H,16,18,20). The van der Waals surface area contributed by atoms with Crippen LogP contribution in [-0.2, 0) is 11.2 Å². The lowest BCUT2D eigenvalue weighted by Crippen LogP contribution is -2.04. The smallest absolute Gasteiger partial charge is 0.270 e. The highest BCUT2D eigenvalue weighted by Crippen LogP contribution is 2.38. The van der Waals surface area contributed by atoms with E-state index in [9.17, 15) is 4.79 Å². The van der Waals surface area contributed by atoms with Crippen LogP contribution < -0.4 is 5.32 Å². The average molecular weight is 314 g/mol. The Hall–Kier alpha value is -2.54. The van der Waals surface area contributed by atoms with Gasteiger partial charge in [-0.1, -0.05) is 53.7 Å². The van der Waals surface area contributed by atoms with Gasteiger partial charge < -0.3 is 9.84 Å². The summed E-state index contributed by atoms with van der Waals surface area (Å²) in [5.74, 6) is 0.896. The van der Waals surface area contributed by atoms with E-state index >= 15 is 0 Å². The summed E-state index contributed by atoms with van der Waals surface area (Å²) < 4.78 is 5.32. The molecule has 3 rings (SSSR count). The molecule has 6 nitrogen and oxygen atoms in total. The number of carbonyl (C=O) groups excluding carboxylic acids is 1. The maximum atomic E-state index is 11.3. The van der Waals surface area contributed by atoms with Gasteiger partial charge in [0, 0.05) is 18.9 Å². The van der Waals surface area contributed by atoms with Gasteiger partial charge in [-0.25, -0.2) is 4.98 Å². The number of anilines is 1. The molecule has 22 heavy (non-hydrogen) atoms. The molecule has 0 bridgehead atoms. The van der Waals surface area contributed by atoms with Crippen molar-refractivity contribution in [3.8, 4) is 22.0 Å². The van der Waals surface area contributed by atoms with E-state index < -0.39 is 0 Å². The minimum absolute atomic E-state index is 0.167. The zero-order valence-corrected chi connectivity index (χ0v) is 13.0. The number of rotatable bonds is 4. The van der Waals surface area contributed by atoms with E-state index in [4.69, 9.17) is 4.52 Å². The number of hydrogen-bond donors (Lipinski definition) is 1. The molecule has 0 aliphatic carbocycles. The number of hydrogen-bond acceptors (Lipinski definition) is 6. The number of thiazole rings is 1. The first-order chi connectivity index (χ1) is 10.7. The monoisotopic (exact) mass is 314 g/mol. The van der Waals surface area contributed by atoms with Crippen molar-refractivity contribution < 1.29 is 9.32 Å². The first-order valence-corrected chi connectivity index (χ1v) is 7.65. The zero-order valence-electron chi connectivity index (χ0n) is 12.2. The lowest BCUT2D eigenvalue weighted by Gasteiger charge is -1.98. The fraction of sp³-hybridized carbons (Fsp3) is 0.200. The van der Waals surface area contributed by atoms with Crippen molar-refractivity contribution in [2.75, 3.05) is 5.32 Å². The van der Waals surface area contributed by atoms with Gasteiger partial charge in [0.25, 0.3) is 5.89 Å². The van der Waals surface area contributed by atoms with Crippen molar-refractivity contribution in [3.05, 3.63) is 36.2 Å². The van der Waals surface area contributed by atoms with Crippen LogP contribution in [0.2, 0.25) is 0 Å². The Morgan fingerprint density at radius 3 is 2.68 bits per heavy atom. The number of aryl methyl sites for hydroxylation is 1. The van der Waals surface area contributed by atoms with E-state index in [0.717, 1.165) is 16.1 Å². The SMILES string of the molecule is CCc1noc(-c2sc(NC(C)=O)nc2-c2ccccc2)n1. The third-order valence-electron chi connectivity index (χ3n) is 2.94. The van der Waals surface area contributed by atoms with Crippen LogP contribution >= 0.6 is 11.3 Å². The summed E-state index contributed by atoms with van der Waals surface area (Å²) in [6.07, 6.45) is 0.696. The number of nitrogens with zero attached hydrogens (tertiary/aromatic N) is 3. The number of benzene rings is 1. The number of aromatic nitrogens is 3. The summed E-state index contributed by atoms with van der Waals surface area (Å²) in [5.41, 5.74) is 1.65. The third-order valence-corrected chi connectivity index (χ3v) is 3.89. The molecule has 1 amide bonds. The van der Waals surface area contributed by atoms with Crippen LogP contribution in [0.4, 0.5) is 5.13 Å². The summed E-state index contributed by atoms with van der Waals surface area (Å²) in [6, 6.07) is 9.70. The van der Waals surface area contributed by atoms with Crippen molar-refractivity contribution >= 4 is 22.4 Å². The Bertz CT molecular complexity index is 795. The second kappa shape index (κ2) is 6.07. The van der Waals surface area contributed by atoms with Gasteiger partial charge >= 0.3 is 0 Å². The lowest BCUT2D eigenvalue weighted by molar-refractivity contribution is -0.114. The van der Waals surface area contributed by atoms with Gasteiger partial charge in [0.15, 0.2) is 11.0 Å². The molecule has 0 saturated heterocycles. The highest BCUT2D eigenvalue weighted by atomic mass is 32.1. The maximum absolute atomic E-state index is 11.3. The predicted octanol–water partition coefficient (Wildman–Crippen LogP) is 3.38. The Kier molecular flexibility index (Phi) is 3.97. The third kappa shape index (κ3) is 2.89. The second-order valence-electron chi connectivity index (χ2n) is 4.61. The van der Waals surface area contributed by atoms with Gasteiger partial charge in [-0.15, -0.1) is 0 Å². The molecule has 1 N–H and O–H groups in total. The lowest BCUT2D eigenvalue weighted by atomic mass is 10.1. The fourth-order valence-electron chi connectivity index (χ4n) is 1.95. The molecule has 1 aromatic carbocycles. The molecule has 0 unspecified atom stereocenters. The number of amides is 1. The van der Waals surface area contributed by atoms with Crippen LogP contribution in [0.3, 0.4) is 0 Å². The van der Waals surface area contributed by atoms with Gasteiger partial charge in [0.05, 0.1) is 5.69 Å². The van der Waals surface area contributed by atoms with Crippen LogP contribution in [-0.4, -0.2) is 21.0 Å². The molecule has 0 aliphatic heterocycles.